The number of anilines is 2. The lowest BCUT2D eigenvalue weighted by molar-refractivity contribution is 0.0947. The van der Waals surface area contributed by atoms with Crippen molar-refractivity contribution in [1.82, 2.24) is 10.3 Å². The summed E-state index contributed by atoms with van der Waals surface area (Å²) in [5, 5.41) is 2.44. The van der Waals surface area contributed by atoms with Crippen molar-refractivity contribution in [2.45, 2.75) is 11.4 Å². The first kappa shape index (κ1) is 20.2. The van der Waals surface area contributed by atoms with Gasteiger partial charge in [0.15, 0.2) is 0 Å². The number of pyridine rings is 1. The van der Waals surface area contributed by atoms with Crippen molar-refractivity contribution in [2.24, 2.45) is 0 Å². The van der Waals surface area contributed by atoms with Crippen LogP contribution in [-0.4, -0.2) is 19.3 Å². The molecule has 3 aromatic rings. The van der Waals surface area contributed by atoms with Crippen LogP contribution in [0.15, 0.2) is 65.8 Å². The van der Waals surface area contributed by atoms with Crippen LogP contribution in [-0.2, 0) is 16.6 Å². The molecule has 0 fully saturated rings. The number of nitrogens with one attached hydrogen (secondary N) is 2. The predicted octanol–water partition coefficient (Wildman–Crippen LogP) is 2.67. The molecule has 3 rings (SSSR count). The van der Waals surface area contributed by atoms with E-state index in [-0.39, 0.29) is 33.9 Å². The van der Waals surface area contributed by atoms with Crippen LogP contribution in [0.4, 0.5) is 20.2 Å². The first-order valence-electron chi connectivity index (χ1n) is 8.31. The number of amides is 1. The molecule has 0 saturated heterocycles. The molecule has 0 aliphatic heterocycles. The molecule has 0 radical (unpaired) electrons. The molecule has 0 bridgehead atoms. The number of aromatic nitrogens is 1. The van der Waals surface area contributed by atoms with Gasteiger partial charge in [0.2, 0.25) is 0 Å². The smallest absolute Gasteiger partial charge is 0.262 e. The summed E-state index contributed by atoms with van der Waals surface area (Å²) in [6, 6.07) is 9.87. The minimum atomic E-state index is -4.13. The fraction of sp³-hybridized carbons (Fsp3) is 0.0526. The molecule has 10 heteroatoms. The van der Waals surface area contributed by atoms with E-state index >= 15 is 0 Å². The molecular weight excluding hydrogens is 402 g/mol. The zero-order valence-corrected chi connectivity index (χ0v) is 15.7. The Bertz CT molecular complexity index is 1170. The van der Waals surface area contributed by atoms with Crippen molar-refractivity contribution in [3.63, 3.8) is 0 Å². The second kappa shape index (κ2) is 8.23. The molecule has 1 amide bonds. The number of nitrogens with two attached hydrogens (primary N) is 1. The van der Waals surface area contributed by atoms with Crippen molar-refractivity contribution >= 4 is 27.3 Å². The topological polar surface area (TPSA) is 114 Å². The van der Waals surface area contributed by atoms with Crippen molar-refractivity contribution in [3.8, 4) is 0 Å². The highest BCUT2D eigenvalue weighted by molar-refractivity contribution is 7.92. The standard InChI is InChI=1S/C19H16F2N4O3S/c20-13-6-5-12(17(21)7-13)9-24-19(26)16-3-1-2-4-18(16)29(27,28)25-15-8-14(22)10-23-11-15/h1-8,10-11,25H,9,22H2,(H,24,26). The van der Waals surface area contributed by atoms with E-state index in [0.29, 0.717) is 6.07 Å². The Morgan fingerprint density at radius 3 is 2.55 bits per heavy atom. The van der Waals surface area contributed by atoms with E-state index in [9.17, 15) is 22.0 Å². The second-order valence-corrected chi connectivity index (χ2v) is 7.68. The van der Waals surface area contributed by atoms with Gasteiger partial charge in [-0.25, -0.2) is 17.2 Å². The average Bonchev–Trinajstić information content (AvgIpc) is 2.67. The molecule has 29 heavy (non-hydrogen) atoms. The molecule has 4 N–H and O–H groups in total. The zero-order chi connectivity index (χ0) is 21.0. The molecule has 0 aliphatic rings. The lowest BCUT2D eigenvalue weighted by Crippen LogP contribution is -2.26. The minimum absolute atomic E-state index is 0.0593. The number of halogens is 2. The van der Waals surface area contributed by atoms with Gasteiger partial charge in [0, 0.05) is 24.4 Å². The van der Waals surface area contributed by atoms with Gasteiger partial charge in [-0.3, -0.25) is 14.5 Å². The molecule has 0 unspecified atom stereocenters. The quantitative estimate of drug-likeness (QED) is 0.570. The largest absolute Gasteiger partial charge is 0.397 e. The SMILES string of the molecule is Nc1cncc(NS(=O)(=O)c2ccccc2C(=O)NCc2ccc(F)cc2F)c1. The minimum Gasteiger partial charge on any atom is -0.397 e. The Balaban J connectivity index is 1.83. The monoisotopic (exact) mass is 418 g/mol. The first-order chi connectivity index (χ1) is 13.8. The van der Waals surface area contributed by atoms with Gasteiger partial charge in [-0.15, -0.1) is 0 Å². The van der Waals surface area contributed by atoms with Gasteiger partial charge in [-0.05, 0) is 24.3 Å². The van der Waals surface area contributed by atoms with E-state index in [1.54, 1.807) is 0 Å². The van der Waals surface area contributed by atoms with Crippen molar-refractivity contribution in [1.29, 1.82) is 0 Å². The number of benzene rings is 2. The fourth-order valence-electron chi connectivity index (χ4n) is 2.55. The maximum atomic E-state index is 13.7. The number of carbonyl (C=O) groups excluding carboxylic acids is 1. The van der Waals surface area contributed by atoms with E-state index in [2.05, 4.69) is 15.0 Å². The molecular formula is C19H16F2N4O3S. The zero-order valence-electron chi connectivity index (χ0n) is 14.9. The molecule has 2 aromatic carbocycles. The maximum absolute atomic E-state index is 13.7. The molecule has 7 nitrogen and oxygen atoms in total. The number of sulfonamides is 1. The molecule has 0 spiro atoms. The highest BCUT2D eigenvalue weighted by Gasteiger charge is 2.22. The maximum Gasteiger partial charge on any atom is 0.262 e. The molecule has 150 valence electrons. The van der Waals surface area contributed by atoms with Crippen LogP contribution in [0, 0.1) is 11.6 Å². The highest BCUT2D eigenvalue weighted by atomic mass is 32.2. The fourth-order valence-corrected chi connectivity index (χ4v) is 3.79. The molecule has 1 heterocycles. The van der Waals surface area contributed by atoms with E-state index in [1.807, 2.05) is 0 Å². The van der Waals surface area contributed by atoms with Crippen LogP contribution in [0.2, 0.25) is 0 Å². The van der Waals surface area contributed by atoms with Crippen LogP contribution < -0.4 is 15.8 Å². The number of hydrogen-bond acceptors (Lipinski definition) is 5. The lowest BCUT2D eigenvalue weighted by Gasteiger charge is -2.13. The summed E-state index contributed by atoms with van der Waals surface area (Å²) in [7, 11) is -4.13. The molecule has 0 aliphatic carbocycles. The van der Waals surface area contributed by atoms with Crippen LogP contribution in [0.3, 0.4) is 0 Å². The summed E-state index contributed by atoms with van der Waals surface area (Å²) < 4.78 is 54.5. The summed E-state index contributed by atoms with van der Waals surface area (Å²) in [6.07, 6.45) is 2.63. The Hall–Kier alpha value is -3.53. The summed E-state index contributed by atoms with van der Waals surface area (Å²) in [4.78, 5) is 16.1. The van der Waals surface area contributed by atoms with Crippen LogP contribution in [0.25, 0.3) is 0 Å². The van der Waals surface area contributed by atoms with Gasteiger partial charge >= 0.3 is 0 Å². The molecule has 0 atom stereocenters. The van der Waals surface area contributed by atoms with Crippen LogP contribution >= 0.6 is 0 Å². The second-order valence-electron chi connectivity index (χ2n) is 6.03. The first-order valence-corrected chi connectivity index (χ1v) is 9.79. The Morgan fingerprint density at radius 2 is 1.83 bits per heavy atom. The van der Waals surface area contributed by atoms with Crippen LogP contribution in [0.1, 0.15) is 15.9 Å². The number of nitrogen functional groups attached to an aromatic ring is 1. The molecule has 1 aromatic heterocycles. The predicted molar refractivity (Wildman–Crippen MR) is 103 cm³/mol. The Kier molecular flexibility index (Phi) is 5.74. The Labute approximate surface area is 165 Å². The lowest BCUT2D eigenvalue weighted by atomic mass is 10.2. The number of carbonyl (C=O) groups is 1. The Morgan fingerprint density at radius 1 is 1.07 bits per heavy atom. The van der Waals surface area contributed by atoms with Gasteiger partial charge in [0.25, 0.3) is 15.9 Å². The van der Waals surface area contributed by atoms with Crippen LogP contribution in [0.5, 0.6) is 0 Å². The third-order valence-electron chi connectivity index (χ3n) is 3.89. The summed E-state index contributed by atoms with van der Waals surface area (Å²) in [5.74, 6) is -2.29. The van der Waals surface area contributed by atoms with Gasteiger partial charge in [0.1, 0.15) is 16.5 Å². The summed E-state index contributed by atoms with van der Waals surface area (Å²) >= 11 is 0. The average molecular weight is 418 g/mol. The normalized spacial score (nSPS) is 11.1. The summed E-state index contributed by atoms with van der Waals surface area (Å²) in [5.41, 5.74) is 5.91. The number of nitrogens with zero attached hydrogens (tertiary/aromatic N) is 1. The van der Waals surface area contributed by atoms with Gasteiger partial charge < -0.3 is 11.1 Å². The van der Waals surface area contributed by atoms with E-state index in [1.165, 1.54) is 48.8 Å². The van der Waals surface area contributed by atoms with Crippen molar-refractivity contribution < 1.29 is 22.0 Å². The number of rotatable bonds is 6. The van der Waals surface area contributed by atoms with Gasteiger partial charge in [0.05, 0.1) is 23.1 Å². The van der Waals surface area contributed by atoms with Crippen molar-refractivity contribution in [2.75, 3.05) is 10.5 Å². The number of hydrogen-bond donors (Lipinski definition) is 3. The van der Waals surface area contributed by atoms with Gasteiger partial charge in [-0.2, -0.15) is 0 Å². The van der Waals surface area contributed by atoms with Gasteiger partial charge in [-0.1, -0.05) is 18.2 Å². The van der Waals surface area contributed by atoms with E-state index < -0.39 is 27.6 Å². The van der Waals surface area contributed by atoms with E-state index in [4.69, 9.17) is 5.73 Å². The summed E-state index contributed by atoms with van der Waals surface area (Å²) in [6.45, 7) is -0.244. The third-order valence-corrected chi connectivity index (χ3v) is 5.33. The van der Waals surface area contributed by atoms with Crippen molar-refractivity contribution in [3.05, 3.63) is 83.7 Å². The highest BCUT2D eigenvalue weighted by Crippen LogP contribution is 2.20. The molecule has 0 saturated carbocycles. The third kappa shape index (κ3) is 4.85. The van der Waals surface area contributed by atoms with E-state index in [0.717, 1.165) is 6.07 Å².